The van der Waals surface area contributed by atoms with Gasteiger partial charge in [0.15, 0.2) is 5.65 Å². The van der Waals surface area contributed by atoms with E-state index in [-0.39, 0.29) is 17.5 Å². The Morgan fingerprint density at radius 1 is 0.881 bits per heavy atom. The highest BCUT2D eigenvalue weighted by Crippen LogP contribution is 2.31. The van der Waals surface area contributed by atoms with E-state index < -0.39 is 22.9 Å². The maximum Gasteiger partial charge on any atom is 0.256 e. The van der Waals surface area contributed by atoms with Crippen LogP contribution in [0.3, 0.4) is 0 Å². The Hall–Kier alpha value is -4.96. The number of fused-ring (bicyclic) bond motifs is 1. The maximum atomic E-state index is 14.9. The number of anilines is 1. The lowest BCUT2D eigenvalue weighted by atomic mass is 9.99. The Balaban J connectivity index is 1.61. The lowest BCUT2D eigenvalue weighted by molar-refractivity contribution is 0.0954. The third kappa shape index (κ3) is 6.03. The van der Waals surface area contributed by atoms with Gasteiger partial charge in [0, 0.05) is 42.2 Å². The number of nitrogens with one attached hydrogen (secondary N) is 3. The molecular formula is C32H30F2N6O2. The molecule has 0 unspecified atom stereocenters. The highest BCUT2D eigenvalue weighted by molar-refractivity contribution is 5.98. The van der Waals surface area contributed by atoms with Crippen LogP contribution in [0.25, 0.3) is 28.0 Å². The maximum absolute atomic E-state index is 14.9. The molecule has 0 saturated heterocycles. The van der Waals surface area contributed by atoms with Crippen LogP contribution in [-0.2, 0) is 6.42 Å². The van der Waals surface area contributed by atoms with Gasteiger partial charge in [-0.1, -0.05) is 42.5 Å². The molecule has 0 spiro atoms. The van der Waals surface area contributed by atoms with Crippen molar-refractivity contribution in [2.45, 2.75) is 13.3 Å². The van der Waals surface area contributed by atoms with E-state index in [1.165, 1.54) is 18.2 Å². The molecule has 0 saturated carbocycles. The fraction of sp³-hybridized carbons (Fsp3) is 0.188. The van der Waals surface area contributed by atoms with Gasteiger partial charge in [0.1, 0.15) is 17.3 Å². The molecular weight excluding hydrogens is 538 g/mol. The lowest BCUT2D eigenvalue weighted by Crippen LogP contribution is -2.25. The molecule has 10 heteroatoms. The Morgan fingerprint density at radius 2 is 1.64 bits per heavy atom. The molecule has 0 atom stereocenters. The number of rotatable bonds is 10. The third-order valence-corrected chi connectivity index (χ3v) is 6.87. The van der Waals surface area contributed by atoms with Crippen LogP contribution in [0.15, 0.2) is 83.7 Å². The highest BCUT2D eigenvalue weighted by atomic mass is 19.1. The molecule has 0 aliphatic heterocycles. The van der Waals surface area contributed by atoms with E-state index in [1.54, 1.807) is 19.2 Å². The molecule has 3 aromatic carbocycles. The van der Waals surface area contributed by atoms with Gasteiger partial charge in [-0.25, -0.2) is 13.8 Å². The number of hydrogen-bond acceptors (Lipinski definition) is 6. The predicted molar refractivity (Wildman–Crippen MR) is 160 cm³/mol. The molecule has 0 fully saturated rings. The molecule has 3 N–H and O–H groups in total. The first-order valence-corrected chi connectivity index (χ1v) is 13.6. The van der Waals surface area contributed by atoms with Gasteiger partial charge in [-0.05, 0) is 61.9 Å². The van der Waals surface area contributed by atoms with Crippen molar-refractivity contribution >= 4 is 22.9 Å². The van der Waals surface area contributed by atoms with Crippen LogP contribution in [0.2, 0.25) is 0 Å². The zero-order valence-corrected chi connectivity index (χ0v) is 23.2. The summed E-state index contributed by atoms with van der Waals surface area (Å²) < 4.78 is 30.8. The van der Waals surface area contributed by atoms with Gasteiger partial charge in [-0.2, -0.15) is 4.98 Å². The second kappa shape index (κ2) is 12.7. The van der Waals surface area contributed by atoms with Gasteiger partial charge in [-0.15, -0.1) is 0 Å². The molecule has 0 aliphatic rings. The lowest BCUT2D eigenvalue weighted by Gasteiger charge is -2.16. The Morgan fingerprint density at radius 3 is 2.38 bits per heavy atom. The molecule has 0 radical (unpaired) electrons. The smallest absolute Gasteiger partial charge is 0.256 e. The quantitative estimate of drug-likeness (QED) is 0.212. The minimum Gasteiger partial charge on any atom is -0.353 e. The molecule has 214 valence electrons. The number of para-hydroxylation sites is 1. The van der Waals surface area contributed by atoms with Crippen LogP contribution < -0.4 is 21.5 Å². The largest absolute Gasteiger partial charge is 0.353 e. The average Bonchev–Trinajstić information content (AvgIpc) is 2.98. The average molecular weight is 569 g/mol. The Bertz CT molecular complexity index is 1790. The number of carbonyl (C=O) groups excluding carboxylic acids is 1. The number of aryl methyl sites for hydroxylation is 1. The summed E-state index contributed by atoms with van der Waals surface area (Å²) in [6.45, 7) is 3.39. The monoisotopic (exact) mass is 568 g/mol. The van der Waals surface area contributed by atoms with Crippen molar-refractivity contribution in [3.05, 3.63) is 118 Å². The number of pyridine rings is 1. The Labute approximate surface area is 241 Å². The van der Waals surface area contributed by atoms with Gasteiger partial charge < -0.3 is 16.0 Å². The number of likely N-dealkylation sites (N-methyl/N-ethyl adjacent to an activating group) is 1. The summed E-state index contributed by atoms with van der Waals surface area (Å²) in [6, 6.07) is 21.3. The van der Waals surface area contributed by atoms with Crippen molar-refractivity contribution in [2.75, 3.05) is 32.0 Å². The van der Waals surface area contributed by atoms with Gasteiger partial charge in [-0.3, -0.25) is 14.2 Å². The molecule has 5 aromatic rings. The van der Waals surface area contributed by atoms with Crippen molar-refractivity contribution in [1.82, 2.24) is 25.2 Å². The molecule has 2 heterocycles. The highest BCUT2D eigenvalue weighted by Gasteiger charge is 2.21. The van der Waals surface area contributed by atoms with Crippen molar-refractivity contribution in [1.29, 1.82) is 0 Å². The fourth-order valence-corrected chi connectivity index (χ4v) is 4.70. The topological polar surface area (TPSA) is 101 Å². The number of nitrogens with zero attached hydrogens (tertiary/aromatic N) is 3. The normalized spacial score (nSPS) is 11.0. The summed E-state index contributed by atoms with van der Waals surface area (Å²) in [5, 5.41) is 9.48. The fourth-order valence-electron chi connectivity index (χ4n) is 4.70. The third-order valence-electron chi connectivity index (χ3n) is 6.87. The first-order chi connectivity index (χ1) is 20.4. The second-order valence-corrected chi connectivity index (χ2v) is 9.76. The number of aromatic nitrogens is 3. The van der Waals surface area contributed by atoms with E-state index in [0.717, 1.165) is 27.8 Å². The Kier molecular flexibility index (Phi) is 8.63. The number of carbonyl (C=O) groups is 1. The molecule has 0 bridgehead atoms. The van der Waals surface area contributed by atoms with E-state index in [1.807, 2.05) is 43.3 Å². The van der Waals surface area contributed by atoms with Crippen molar-refractivity contribution in [2.24, 2.45) is 0 Å². The first-order valence-electron chi connectivity index (χ1n) is 13.6. The summed E-state index contributed by atoms with van der Waals surface area (Å²) in [7, 11) is 1.80. The van der Waals surface area contributed by atoms with Crippen molar-refractivity contribution in [3.8, 4) is 16.9 Å². The van der Waals surface area contributed by atoms with Crippen LogP contribution in [-0.4, -0.2) is 47.1 Å². The summed E-state index contributed by atoms with van der Waals surface area (Å²) in [5.74, 6) is -1.89. The van der Waals surface area contributed by atoms with Gasteiger partial charge in [0.05, 0.1) is 5.69 Å². The molecule has 0 aliphatic carbocycles. The van der Waals surface area contributed by atoms with Crippen molar-refractivity contribution in [3.63, 3.8) is 0 Å². The SMILES string of the molecule is CNCCNc1nc(-c2cc(C(=O)NCCc3ccccc3)ccc2C)c2ccc(=O)n(-c3c(F)cccc3F)c2n1. The molecule has 8 nitrogen and oxygen atoms in total. The minimum atomic E-state index is -0.903. The zero-order valence-electron chi connectivity index (χ0n) is 23.2. The number of halogens is 2. The van der Waals surface area contributed by atoms with E-state index in [0.29, 0.717) is 48.3 Å². The van der Waals surface area contributed by atoms with Crippen LogP contribution in [0.4, 0.5) is 14.7 Å². The summed E-state index contributed by atoms with van der Waals surface area (Å²) in [5.41, 5.74) is 2.23. The van der Waals surface area contributed by atoms with E-state index >= 15 is 0 Å². The molecule has 42 heavy (non-hydrogen) atoms. The van der Waals surface area contributed by atoms with Crippen LogP contribution in [0.1, 0.15) is 21.5 Å². The standard InChI is InChI=1S/C32H30F2N6O2/c1-20-11-12-22(31(42)36-16-15-21-7-4-3-5-8-21)19-24(20)28-23-13-14-27(41)40(29-25(33)9-6-10-26(29)34)30(23)39-32(38-28)37-18-17-35-2/h3-14,19,35H,15-18H2,1-2H3,(H,36,42)(H,37,38,39). The van der Waals surface area contributed by atoms with E-state index in [4.69, 9.17) is 4.98 Å². The number of benzene rings is 3. The summed E-state index contributed by atoms with van der Waals surface area (Å²) in [6.07, 6.45) is 0.688. The van der Waals surface area contributed by atoms with Gasteiger partial charge in [0.25, 0.3) is 11.5 Å². The number of amides is 1. The van der Waals surface area contributed by atoms with Crippen LogP contribution in [0, 0.1) is 18.6 Å². The zero-order chi connectivity index (χ0) is 29.6. The van der Waals surface area contributed by atoms with E-state index in [9.17, 15) is 18.4 Å². The molecule has 1 amide bonds. The van der Waals surface area contributed by atoms with Crippen molar-refractivity contribution < 1.29 is 13.6 Å². The number of hydrogen-bond donors (Lipinski definition) is 3. The van der Waals surface area contributed by atoms with Crippen LogP contribution in [0.5, 0.6) is 0 Å². The minimum absolute atomic E-state index is 0.0283. The predicted octanol–water partition coefficient (Wildman–Crippen LogP) is 4.64. The van der Waals surface area contributed by atoms with Gasteiger partial charge >= 0.3 is 0 Å². The van der Waals surface area contributed by atoms with Crippen LogP contribution >= 0.6 is 0 Å². The van der Waals surface area contributed by atoms with Gasteiger partial charge in [0.2, 0.25) is 5.95 Å². The second-order valence-electron chi connectivity index (χ2n) is 9.76. The van der Waals surface area contributed by atoms with E-state index in [2.05, 4.69) is 20.9 Å². The first kappa shape index (κ1) is 28.6. The molecule has 2 aromatic heterocycles. The summed E-state index contributed by atoms with van der Waals surface area (Å²) in [4.78, 5) is 35.4. The summed E-state index contributed by atoms with van der Waals surface area (Å²) >= 11 is 0. The molecule has 5 rings (SSSR count).